The lowest BCUT2D eigenvalue weighted by Crippen LogP contribution is -1.93. The Hall–Kier alpha value is -1.42. The fourth-order valence-electron chi connectivity index (χ4n) is 1.35. The Bertz CT molecular complexity index is 485. The number of nitrogens with zero attached hydrogens (tertiary/aromatic N) is 1. The van der Waals surface area contributed by atoms with Crippen LogP contribution in [0.3, 0.4) is 0 Å². The van der Waals surface area contributed by atoms with Crippen LogP contribution in [0.15, 0.2) is 41.1 Å². The van der Waals surface area contributed by atoms with Gasteiger partial charge in [-0.2, -0.15) is 0 Å². The van der Waals surface area contributed by atoms with Crippen molar-refractivity contribution in [3.63, 3.8) is 0 Å². The van der Waals surface area contributed by atoms with E-state index in [-0.39, 0.29) is 5.82 Å². The van der Waals surface area contributed by atoms with Crippen molar-refractivity contribution < 1.29 is 4.39 Å². The molecular weight excluding hydrogens is 259 g/mol. The first kappa shape index (κ1) is 10.1. The predicted octanol–water partition coefficient (Wildman–Crippen LogP) is 3.23. The number of hydrogen-bond acceptors (Lipinski definition) is 2. The molecule has 0 unspecified atom stereocenters. The van der Waals surface area contributed by atoms with Crippen molar-refractivity contribution in [3.8, 4) is 11.1 Å². The van der Waals surface area contributed by atoms with Gasteiger partial charge in [0.15, 0.2) is 0 Å². The number of rotatable bonds is 1. The third kappa shape index (κ3) is 1.99. The monoisotopic (exact) mass is 266 g/mol. The van der Waals surface area contributed by atoms with Crippen molar-refractivity contribution in [3.05, 3.63) is 46.9 Å². The maximum absolute atomic E-state index is 13.2. The molecule has 15 heavy (non-hydrogen) atoms. The Balaban J connectivity index is 2.63. The Morgan fingerprint density at radius 3 is 2.80 bits per heavy atom. The quantitative estimate of drug-likeness (QED) is 0.805. The highest BCUT2D eigenvalue weighted by Gasteiger charge is 2.08. The number of halogens is 2. The van der Waals surface area contributed by atoms with Gasteiger partial charge in [-0.25, -0.2) is 4.39 Å². The molecule has 0 saturated carbocycles. The lowest BCUT2D eigenvalue weighted by molar-refractivity contribution is 0.627. The van der Waals surface area contributed by atoms with Crippen LogP contribution in [0.2, 0.25) is 0 Å². The molecular formula is C11H8BrFN2. The molecule has 2 aromatic rings. The van der Waals surface area contributed by atoms with Crippen molar-refractivity contribution in [1.82, 2.24) is 4.98 Å². The van der Waals surface area contributed by atoms with Crippen LogP contribution in [0.5, 0.6) is 0 Å². The Morgan fingerprint density at radius 1 is 1.33 bits per heavy atom. The predicted molar refractivity (Wildman–Crippen MR) is 61.7 cm³/mol. The van der Waals surface area contributed by atoms with Crippen molar-refractivity contribution in [1.29, 1.82) is 0 Å². The van der Waals surface area contributed by atoms with Crippen LogP contribution in [0.25, 0.3) is 11.1 Å². The van der Waals surface area contributed by atoms with Gasteiger partial charge >= 0.3 is 0 Å². The number of benzene rings is 1. The summed E-state index contributed by atoms with van der Waals surface area (Å²) in [4.78, 5) is 3.97. The number of aromatic nitrogens is 1. The average molecular weight is 267 g/mol. The zero-order valence-corrected chi connectivity index (χ0v) is 9.33. The van der Waals surface area contributed by atoms with E-state index in [9.17, 15) is 4.39 Å². The highest BCUT2D eigenvalue weighted by atomic mass is 79.9. The van der Waals surface area contributed by atoms with E-state index in [2.05, 4.69) is 20.9 Å². The van der Waals surface area contributed by atoms with Gasteiger partial charge in [0.2, 0.25) is 0 Å². The lowest BCUT2D eigenvalue weighted by atomic mass is 10.1. The van der Waals surface area contributed by atoms with E-state index in [4.69, 9.17) is 5.73 Å². The molecule has 0 atom stereocenters. The Labute approximate surface area is 95.1 Å². The highest BCUT2D eigenvalue weighted by Crippen LogP contribution is 2.32. The van der Waals surface area contributed by atoms with Crippen molar-refractivity contribution in [2.45, 2.75) is 0 Å². The zero-order chi connectivity index (χ0) is 10.8. The second kappa shape index (κ2) is 3.98. The molecule has 2 nitrogen and oxygen atoms in total. The number of nitrogens with two attached hydrogens (primary N) is 1. The van der Waals surface area contributed by atoms with Crippen molar-refractivity contribution in [2.24, 2.45) is 0 Å². The highest BCUT2D eigenvalue weighted by molar-refractivity contribution is 9.10. The molecule has 1 aromatic carbocycles. The first-order chi connectivity index (χ1) is 7.18. The van der Waals surface area contributed by atoms with E-state index in [1.54, 1.807) is 18.5 Å². The summed E-state index contributed by atoms with van der Waals surface area (Å²) in [6.45, 7) is 0. The summed E-state index contributed by atoms with van der Waals surface area (Å²) in [5.74, 6) is -0.324. The molecule has 0 saturated heterocycles. The molecule has 1 aromatic heterocycles. The fourth-order valence-corrected chi connectivity index (χ4v) is 1.78. The van der Waals surface area contributed by atoms with Gasteiger partial charge in [0.05, 0.1) is 5.69 Å². The molecule has 2 N–H and O–H groups in total. The molecule has 0 aliphatic carbocycles. The molecule has 1 heterocycles. The fraction of sp³-hybridized carbons (Fsp3) is 0. The molecule has 0 fully saturated rings. The van der Waals surface area contributed by atoms with Gasteiger partial charge in [-0.1, -0.05) is 6.07 Å². The topological polar surface area (TPSA) is 38.9 Å². The summed E-state index contributed by atoms with van der Waals surface area (Å²) in [6.07, 6.45) is 3.31. The number of hydrogen-bond donors (Lipinski definition) is 1. The third-order valence-corrected chi connectivity index (χ3v) is 2.72. The summed E-state index contributed by atoms with van der Waals surface area (Å²) in [5.41, 5.74) is 7.81. The van der Waals surface area contributed by atoms with Crippen LogP contribution in [0.1, 0.15) is 0 Å². The summed E-state index contributed by atoms with van der Waals surface area (Å²) >= 11 is 3.21. The minimum atomic E-state index is -0.324. The summed E-state index contributed by atoms with van der Waals surface area (Å²) in [6, 6.07) is 6.37. The Morgan fingerprint density at radius 2 is 2.13 bits per heavy atom. The summed E-state index contributed by atoms with van der Waals surface area (Å²) in [7, 11) is 0. The van der Waals surface area contributed by atoms with E-state index < -0.39 is 0 Å². The van der Waals surface area contributed by atoms with E-state index in [1.165, 1.54) is 12.1 Å². The van der Waals surface area contributed by atoms with Crippen LogP contribution in [0.4, 0.5) is 10.1 Å². The maximum atomic E-state index is 13.2. The normalized spacial score (nSPS) is 10.3. The molecule has 0 aliphatic rings. The van der Waals surface area contributed by atoms with E-state index in [0.717, 1.165) is 5.56 Å². The first-order valence-electron chi connectivity index (χ1n) is 4.33. The van der Waals surface area contributed by atoms with Gasteiger partial charge in [0, 0.05) is 28.0 Å². The summed E-state index contributed by atoms with van der Waals surface area (Å²) in [5, 5.41) is 0. The molecule has 0 bridgehead atoms. The van der Waals surface area contributed by atoms with E-state index in [0.29, 0.717) is 15.7 Å². The molecule has 76 valence electrons. The number of pyridine rings is 1. The molecule has 4 heteroatoms. The molecule has 0 amide bonds. The SMILES string of the molecule is Nc1c(Br)cc(F)cc1-c1cccnc1. The van der Waals surface area contributed by atoms with Crippen LogP contribution in [0, 0.1) is 5.82 Å². The van der Waals surface area contributed by atoms with Gasteiger partial charge in [0.1, 0.15) is 5.82 Å². The van der Waals surface area contributed by atoms with Crippen LogP contribution in [-0.4, -0.2) is 4.98 Å². The van der Waals surface area contributed by atoms with Crippen LogP contribution < -0.4 is 5.73 Å². The second-order valence-electron chi connectivity index (χ2n) is 3.09. The minimum Gasteiger partial charge on any atom is -0.397 e. The van der Waals surface area contributed by atoms with E-state index >= 15 is 0 Å². The van der Waals surface area contributed by atoms with Gasteiger partial charge in [-0.15, -0.1) is 0 Å². The third-order valence-electron chi connectivity index (χ3n) is 2.07. The summed E-state index contributed by atoms with van der Waals surface area (Å²) < 4.78 is 13.7. The van der Waals surface area contributed by atoms with Gasteiger partial charge in [0.25, 0.3) is 0 Å². The Kier molecular flexibility index (Phi) is 2.68. The maximum Gasteiger partial charge on any atom is 0.125 e. The number of nitrogen functional groups attached to an aromatic ring is 1. The molecule has 2 rings (SSSR count). The first-order valence-corrected chi connectivity index (χ1v) is 5.12. The lowest BCUT2D eigenvalue weighted by Gasteiger charge is -2.07. The smallest absolute Gasteiger partial charge is 0.125 e. The molecule has 0 spiro atoms. The van der Waals surface area contributed by atoms with Gasteiger partial charge < -0.3 is 5.73 Å². The van der Waals surface area contributed by atoms with Crippen LogP contribution in [-0.2, 0) is 0 Å². The van der Waals surface area contributed by atoms with Gasteiger partial charge in [-0.3, -0.25) is 4.98 Å². The molecule has 0 aliphatic heterocycles. The van der Waals surface area contributed by atoms with Crippen LogP contribution >= 0.6 is 15.9 Å². The minimum absolute atomic E-state index is 0.324. The second-order valence-corrected chi connectivity index (χ2v) is 3.94. The zero-order valence-electron chi connectivity index (χ0n) is 7.74. The number of anilines is 1. The average Bonchev–Trinajstić information content (AvgIpc) is 2.24. The molecule has 0 radical (unpaired) electrons. The van der Waals surface area contributed by atoms with Gasteiger partial charge in [-0.05, 0) is 34.1 Å². The standard InChI is InChI=1S/C11H8BrFN2/c12-10-5-8(13)4-9(11(10)14)7-2-1-3-15-6-7/h1-6H,14H2. The largest absolute Gasteiger partial charge is 0.397 e. The van der Waals surface area contributed by atoms with Crippen molar-refractivity contribution >= 4 is 21.6 Å². The van der Waals surface area contributed by atoms with E-state index in [1.807, 2.05) is 6.07 Å². The van der Waals surface area contributed by atoms with Crippen molar-refractivity contribution in [2.75, 3.05) is 5.73 Å².